The maximum absolute atomic E-state index is 12.2. The molecule has 7 heteroatoms. The van der Waals surface area contributed by atoms with Gasteiger partial charge in [0.05, 0.1) is 13.2 Å². The lowest BCUT2D eigenvalue weighted by molar-refractivity contribution is 0.0303. The monoisotopic (exact) mass is 237 g/mol. The lowest BCUT2D eigenvalue weighted by atomic mass is 10.2. The van der Waals surface area contributed by atoms with Gasteiger partial charge in [0, 0.05) is 26.3 Å². The van der Waals surface area contributed by atoms with Crippen LogP contribution >= 0.6 is 0 Å². The van der Waals surface area contributed by atoms with Crippen molar-refractivity contribution in [3.05, 3.63) is 11.8 Å². The Balaban J connectivity index is 2.23. The molecule has 17 heavy (non-hydrogen) atoms. The number of ether oxygens (including phenoxy) is 1. The highest BCUT2D eigenvalue weighted by Gasteiger charge is 2.22. The van der Waals surface area contributed by atoms with E-state index >= 15 is 0 Å². The van der Waals surface area contributed by atoms with Crippen LogP contribution < -0.4 is 11.1 Å². The van der Waals surface area contributed by atoms with Crippen molar-refractivity contribution < 1.29 is 9.53 Å². The summed E-state index contributed by atoms with van der Waals surface area (Å²) in [5.74, 6) is 0.500. The van der Waals surface area contributed by atoms with Gasteiger partial charge < -0.3 is 20.7 Å². The number of carbonyl (C=O) groups excluding carboxylic acids is 1. The van der Waals surface area contributed by atoms with E-state index < -0.39 is 0 Å². The maximum atomic E-state index is 12.2. The van der Waals surface area contributed by atoms with Gasteiger partial charge in [-0.15, -0.1) is 0 Å². The summed E-state index contributed by atoms with van der Waals surface area (Å²) < 4.78 is 5.20. The second kappa shape index (κ2) is 4.96. The molecule has 0 spiro atoms. The molecule has 1 aliphatic heterocycles. The number of nitrogens with zero attached hydrogens (tertiary/aromatic N) is 3. The summed E-state index contributed by atoms with van der Waals surface area (Å²) in [6.07, 6.45) is 1.45. The highest BCUT2D eigenvalue weighted by Crippen LogP contribution is 2.15. The number of nitrogen functional groups attached to an aromatic ring is 1. The molecule has 0 atom stereocenters. The average molecular weight is 237 g/mol. The molecule has 0 unspecified atom stereocenters. The van der Waals surface area contributed by atoms with Crippen LogP contribution in [0.25, 0.3) is 0 Å². The molecule has 1 aromatic heterocycles. The number of nitrogens with one attached hydrogen (secondary N) is 1. The molecule has 1 amide bonds. The van der Waals surface area contributed by atoms with E-state index in [4.69, 9.17) is 10.5 Å². The van der Waals surface area contributed by atoms with Gasteiger partial charge in [0.15, 0.2) is 0 Å². The molecule has 3 N–H and O–H groups in total. The van der Waals surface area contributed by atoms with E-state index in [-0.39, 0.29) is 11.9 Å². The van der Waals surface area contributed by atoms with Crippen molar-refractivity contribution in [1.82, 2.24) is 14.9 Å². The zero-order chi connectivity index (χ0) is 12.3. The molecule has 92 valence electrons. The van der Waals surface area contributed by atoms with Crippen LogP contribution in [0.15, 0.2) is 6.20 Å². The van der Waals surface area contributed by atoms with Gasteiger partial charge in [-0.05, 0) is 0 Å². The molecule has 0 saturated carbocycles. The van der Waals surface area contributed by atoms with Crippen LogP contribution in [0.5, 0.6) is 0 Å². The van der Waals surface area contributed by atoms with Gasteiger partial charge in [0.1, 0.15) is 11.4 Å². The topological polar surface area (TPSA) is 93.4 Å². The first-order chi connectivity index (χ1) is 8.22. The Morgan fingerprint density at radius 2 is 2.24 bits per heavy atom. The minimum Gasteiger partial charge on any atom is -0.378 e. The SMILES string of the molecule is CNc1nc(N)ncc1C(=O)N1CCOCC1. The van der Waals surface area contributed by atoms with E-state index in [1.54, 1.807) is 11.9 Å². The number of hydrogen-bond acceptors (Lipinski definition) is 6. The largest absolute Gasteiger partial charge is 0.378 e. The number of anilines is 2. The van der Waals surface area contributed by atoms with Crippen LogP contribution in [0.3, 0.4) is 0 Å². The van der Waals surface area contributed by atoms with E-state index in [0.717, 1.165) is 0 Å². The molecule has 2 rings (SSSR count). The number of aromatic nitrogens is 2. The molecule has 0 aromatic carbocycles. The van der Waals surface area contributed by atoms with Crippen molar-refractivity contribution in [3.63, 3.8) is 0 Å². The Labute approximate surface area is 99.0 Å². The second-order valence-corrected chi connectivity index (χ2v) is 3.65. The van der Waals surface area contributed by atoms with Crippen LogP contribution in [0.2, 0.25) is 0 Å². The molecule has 1 saturated heterocycles. The van der Waals surface area contributed by atoms with E-state index in [0.29, 0.717) is 37.7 Å². The summed E-state index contributed by atoms with van der Waals surface area (Å²) in [6.45, 7) is 2.31. The van der Waals surface area contributed by atoms with Crippen LogP contribution in [-0.2, 0) is 4.74 Å². The highest BCUT2D eigenvalue weighted by atomic mass is 16.5. The number of nitrogens with two attached hydrogens (primary N) is 1. The number of morpholine rings is 1. The summed E-state index contributed by atoms with van der Waals surface area (Å²) in [7, 11) is 1.69. The van der Waals surface area contributed by atoms with Crippen molar-refractivity contribution in [2.75, 3.05) is 44.4 Å². The number of rotatable bonds is 2. The molecular formula is C10H15N5O2. The zero-order valence-corrected chi connectivity index (χ0v) is 9.64. The van der Waals surface area contributed by atoms with E-state index in [1.165, 1.54) is 6.20 Å². The molecular weight excluding hydrogens is 222 g/mol. The second-order valence-electron chi connectivity index (χ2n) is 3.65. The van der Waals surface area contributed by atoms with Gasteiger partial charge in [0.25, 0.3) is 5.91 Å². The van der Waals surface area contributed by atoms with Gasteiger partial charge in [0.2, 0.25) is 5.95 Å². The molecule has 1 aromatic rings. The molecule has 1 aliphatic rings. The van der Waals surface area contributed by atoms with E-state index in [1.807, 2.05) is 0 Å². The van der Waals surface area contributed by atoms with Crippen molar-refractivity contribution >= 4 is 17.7 Å². The van der Waals surface area contributed by atoms with Gasteiger partial charge in [-0.1, -0.05) is 0 Å². The van der Waals surface area contributed by atoms with Crippen LogP contribution in [0, 0.1) is 0 Å². The Morgan fingerprint density at radius 1 is 1.53 bits per heavy atom. The average Bonchev–Trinajstić information content (AvgIpc) is 2.39. The third-order valence-electron chi connectivity index (χ3n) is 2.57. The number of amides is 1. The fraction of sp³-hybridized carbons (Fsp3) is 0.500. The number of hydrogen-bond donors (Lipinski definition) is 2. The van der Waals surface area contributed by atoms with Gasteiger partial charge in [-0.3, -0.25) is 4.79 Å². The van der Waals surface area contributed by atoms with E-state index in [2.05, 4.69) is 15.3 Å². The Bertz CT molecular complexity index is 417. The quantitative estimate of drug-likeness (QED) is 0.725. The summed E-state index contributed by atoms with van der Waals surface area (Å²) in [5.41, 5.74) is 5.91. The highest BCUT2D eigenvalue weighted by molar-refractivity contribution is 5.98. The number of carbonyl (C=O) groups is 1. The third-order valence-corrected chi connectivity index (χ3v) is 2.57. The lowest BCUT2D eigenvalue weighted by Crippen LogP contribution is -2.41. The van der Waals surface area contributed by atoms with Crippen LogP contribution in [0.4, 0.5) is 11.8 Å². The van der Waals surface area contributed by atoms with Crippen molar-refractivity contribution in [3.8, 4) is 0 Å². The first-order valence-electron chi connectivity index (χ1n) is 5.39. The zero-order valence-electron chi connectivity index (χ0n) is 9.64. The molecule has 1 fully saturated rings. The normalized spacial score (nSPS) is 15.7. The molecule has 2 heterocycles. The molecule has 0 aliphatic carbocycles. The lowest BCUT2D eigenvalue weighted by Gasteiger charge is -2.27. The molecule has 7 nitrogen and oxygen atoms in total. The maximum Gasteiger partial charge on any atom is 0.259 e. The molecule has 0 bridgehead atoms. The third kappa shape index (κ3) is 2.44. The summed E-state index contributed by atoms with van der Waals surface area (Å²) in [6, 6.07) is 0. The first-order valence-corrected chi connectivity index (χ1v) is 5.39. The van der Waals surface area contributed by atoms with Crippen LogP contribution in [0.1, 0.15) is 10.4 Å². The van der Waals surface area contributed by atoms with Crippen molar-refractivity contribution in [2.24, 2.45) is 0 Å². The minimum atomic E-state index is -0.0994. The Hall–Kier alpha value is -1.89. The van der Waals surface area contributed by atoms with Gasteiger partial charge in [-0.2, -0.15) is 4.98 Å². The van der Waals surface area contributed by atoms with Gasteiger partial charge in [-0.25, -0.2) is 4.98 Å². The van der Waals surface area contributed by atoms with Crippen molar-refractivity contribution in [2.45, 2.75) is 0 Å². The Kier molecular flexibility index (Phi) is 3.38. The summed E-state index contributed by atoms with van der Waals surface area (Å²) in [5, 5.41) is 2.85. The predicted molar refractivity (Wildman–Crippen MR) is 62.7 cm³/mol. The smallest absolute Gasteiger partial charge is 0.259 e. The van der Waals surface area contributed by atoms with Crippen molar-refractivity contribution in [1.29, 1.82) is 0 Å². The standard InChI is InChI=1S/C10H15N5O2/c1-12-8-7(6-13-10(11)14-8)9(16)15-2-4-17-5-3-15/h6H,2-5H2,1H3,(H3,11,12,13,14). The fourth-order valence-corrected chi connectivity index (χ4v) is 1.68. The fourth-order valence-electron chi connectivity index (χ4n) is 1.68. The minimum absolute atomic E-state index is 0.0994. The first kappa shape index (κ1) is 11.6. The summed E-state index contributed by atoms with van der Waals surface area (Å²) in [4.78, 5) is 21.8. The molecule has 0 radical (unpaired) electrons. The van der Waals surface area contributed by atoms with Gasteiger partial charge >= 0.3 is 0 Å². The van der Waals surface area contributed by atoms with Crippen LogP contribution in [-0.4, -0.2) is 54.1 Å². The Morgan fingerprint density at radius 3 is 2.88 bits per heavy atom. The predicted octanol–water partition coefficient (Wildman–Crippen LogP) is -0.427. The summed E-state index contributed by atoms with van der Waals surface area (Å²) >= 11 is 0. The van der Waals surface area contributed by atoms with E-state index in [9.17, 15) is 4.79 Å².